The van der Waals surface area contributed by atoms with Crippen LogP contribution in [0.2, 0.25) is 0 Å². The molecule has 120 valence electrons. The van der Waals surface area contributed by atoms with Crippen LogP contribution in [0.3, 0.4) is 0 Å². The molecule has 1 amide bonds. The molecule has 0 bridgehead atoms. The molecule has 2 aromatic carbocycles. The zero-order chi connectivity index (χ0) is 16.8. The van der Waals surface area contributed by atoms with Gasteiger partial charge in [0.25, 0.3) is 5.91 Å². The van der Waals surface area contributed by atoms with Crippen molar-refractivity contribution in [2.24, 2.45) is 0 Å². The molecule has 0 saturated carbocycles. The van der Waals surface area contributed by atoms with Crippen LogP contribution in [0.1, 0.15) is 41.4 Å². The van der Waals surface area contributed by atoms with Gasteiger partial charge in [0.15, 0.2) is 0 Å². The molecular weight excluding hydrogens is 302 g/mol. The molecule has 0 aromatic heterocycles. The summed E-state index contributed by atoms with van der Waals surface area (Å²) in [6.45, 7) is 4.02. The average Bonchev–Trinajstić information content (AvgIpc) is 2.89. The van der Waals surface area contributed by atoms with Crippen molar-refractivity contribution in [1.29, 1.82) is 0 Å². The molecular formula is C20H17NO3. The van der Waals surface area contributed by atoms with Crippen molar-refractivity contribution in [3.05, 3.63) is 70.8 Å². The molecule has 0 radical (unpaired) electrons. The fourth-order valence-corrected chi connectivity index (χ4v) is 3.67. The van der Waals surface area contributed by atoms with Crippen LogP contribution in [0.5, 0.6) is 0 Å². The largest absolute Gasteiger partial charge is 0.463 e. The fourth-order valence-electron chi connectivity index (χ4n) is 3.67. The molecule has 24 heavy (non-hydrogen) atoms. The second-order valence-corrected chi connectivity index (χ2v) is 5.94. The van der Waals surface area contributed by atoms with Gasteiger partial charge in [-0.25, -0.2) is 4.79 Å². The number of carbonyl (C=O) groups is 2. The minimum absolute atomic E-state index is 0.0719. The molecule has 4 nitrogen and oxygen atoms in total. The van der Waals surface area contributed by atoms with Gasteiger partial charge < -0.3 is 4.74 Å². The molecule has 0 aliphatic carbocycles. The first-order chi connectivity index (χ1) is 11.6. The molecule has 0 saturated heterocycles. The van der Waals surface area contributed by atoms with Gasteiger partial charge in [0, 0.05) is 11.1 Å². The smallest absolute Gasteiger partial charge is 0.336 e. The number of rotatable bonds is 2. The number of hydrogen-bond donors (Lipinski definition) is 0. The third kappa shape index (κ3) is 1.86. The third-order valence-electron chi connectivity index (χ3n) is 4.70. The van der Waals surface area contributed by atoms with E-state index in [1.54, 1.807) is 11.8 Å². The highest BCUT2D eigenvalue weighted by Gasteiger charge is 2.46. The summed E-state index contributed by atoms with van der Waals surface area (Å²) in [5, 5.41) is 0. The van der Waals surface area contributed by atoms with E-state index in [1.165, 1.54) is 0 Å². The Kier molecular flexibility index (Phi) is 3.27. The van der Waals surface area contributed by atoms with Crippen molar-refractivity contribution in [3.8, 4) is 0 Å². The molecule has 2 aliphatic heterocycles. The highest BCUT2D eigenvalue weighted by atomic mass is 16.5. The molecule has 4 rings (SSSR count). The van der Waals surface area contributed by atoms with E-state index in [2.05, 4.69) is 0 Å². The first kappa shape index (κ1) is 14.7. The Morgan fingerprint density at radius 3 is 2.50 bits per heavy atom. The fraction of sp³-hybridized carbons (Fsp3) is 0.200. The molecule has 0 N–H and O–H groups in total. The number of anilines is 1. The van der Waals surface area contributed by atoms with Gasteiger partial charge in [-0.15, -0.1) is 0 Å². The Morgan fingerprint density at radius 2 is 1.75 bits per heavy atom. The summed E-state index contributed by atoms with van der Waals surface area (Å²) in [4.78, 5) is 27.4. The summed E-state index contributed by atoms with van der Waals surface area (Å²) in [5.41, 5.74) is 4.67. The number of hydrogen-bond acceptors (Lipinski definition) is 3. The number of allylic oxidation sites excluding steroid dienone is 1. The molecule has 4 heteroatoms. The van der Waals surface area contributed by atoms with Crippen LogP contribution in [0.15, 0.2) is 54.1 Å². The Labute approximate surface area is 140 Å². The lowest BCUT2D eigenvalue weighted by atomic mass is 9.87. The second-order valence-electron chi connectivity index (χ2n) is 5.94. The number of ether oxygens (including phenoxy) is 1. The first-order valence-corrected chi connectivity index (χ1v) is 8.05. The molecule has 2 heterocycles. The van der Waals surface area contributed by atoms with Crippen molar-refractivity contribution in [1.82, 2.24) is 0 Å². The number of benzene rings is 2. The van der Waals surface area contributed by atoms with Crippen LogP contribution >= 0.6 is 0 Å². The van der Waals surface area contributed by atoms with Crippen molar-refractivity contribution in [2.45, 2.75) is 19.9 Å². The maximum atomic E-state index is 13.0. The van der Waals surface area contributed by atoms with Crippen molar-refractivity contribution < 1.29 is 14.3 Å². The van der Waals surface area contributed by atoms with E-state index in [0.29, 0.717) is 17.7 Å². The minimum atomic E-state index is -0.414. The van der Waals surface area contributed by atoms with E-state index in [4.69, 9.17) is 4.74 Å². The predicted octanol–water partition coefficient (Wildman–Crippen LogP) is 3.74. The zero-order valence-corrected chi connectivity index (χ0v) is 13.6. The summed E-state index contributed by atoms with van der Waals surface area (Å²) in [6.07, 6.45) is 0. The van der Waals surface area contributed by atoms with Crippen LogP contribution in [0.4, 0.5) is 5.69 Å². The van der Waals surface area contributed by atoms with Crippen LogP contribution in [-0.2, 0) is 9.53 Å². The Hall–Kier alpha value is -2.88. The van der Waals surface area contributed by atoms with Crippen LogP contribution in [0.25, 0.3) is 5.57 Å². The molecule has 0 fully saturated rings. The first-order valence-electron chi connectivity index (χ1n) is 8.05. The summed E-state index contributed by atoms with van der Waals surface area (Å²) in [6, 6.07) is 14.8. The van der Waals surface area contributed by atoms with Crippen molar-refractivity contribution >= 4 is 23.1 Å². The summed E-state index contributed by atoms with van der Waals surface area (Å²) in [5.74, 6) is -0.429. The van der Waals surface area contributed by atoms with Crippen LogP contribution < -0.4 is 4.90 Å². The lowest BCUT2D eigenvalue weighted by molar-refractivity contribution is -0.138. The normalized spacial score (nSPS) is 18.2. The highest BCUT2D eigenvalue weighted by molar-refractivity contribution is 6.17. The van der Waals surface area contributed by atoms with E-state index < -0.39 is 6.04 Å². The molecule has 1 atom stereocenters. The Bertz CT molecular complexity index is 897. The van der Waals surface area contributed by atoms with Gasteiger partial charge in [-0.3, -0.25) is 9.69 Å². The molecule has 0 spiro atoms. The highest BCUT2D eigenvalue weighted by Crippen LogP contribution is 2.49. The molecule has 2 aliphatic rings. The monoisotopic (exact) mass is 319 g/mol. The van der Waals surface area contributed by atoms with E-state index in [9.17, 15) is 9.59 Å². The summed E-state index contributed by atoms with van der Waals surface area (Å²) in [7, 11) is 0. The van der Waals surface area contributed by atoms with Crippen molar-refractivity contribution in [2.75, 3.05) is 11.5 Å². The van der Waals surface area contributed by atoms with Gasteiger partial charge in [0.05, 0.1) is 23.9 Å². The number of amides is 1. The van der Waals surface area contributed by atoms with E-state index in [-0.39, 0.29) is 11.9 Å². The summed E-state index contributed by atoms with van der Waals surface area (Å²) < 4.78 is 5.29. The van der Waals surface area contributed by atoms with Crippen molar-refractivity contribution in [3.63, 3.8) is 0 Å². The topological polar surface area (TPSA) is 46.6 Å². The van der Waals surface area contributed by atoms with Gasteiger partial charge in [0.2, 0.25) is 0 Å². The Morgan fingerprint density at radius 1 is 1.08 bits per heavy atom. The third-order valence-corrected chi connectivity index (χ3v) is 4.70. The maximum Gasteiger partial charge on any atom is 0.336 e. The number of fused-ring (bicyclic) bond motifs is 5. The zero-order valence-electron chi connectivity index (χ0n) is 13.6. The van der Waals surface area contributed by atoms with Crippen LogP contribution in [-0.4, -0.2) is 18.5 Å². The minimum Gasteiger partial charge on any atom is -0.463 e. The lowest BCUT2D eigenvalue weighted by Crippen LogP contribution is -2.35. The number of para-hydroxylation sites is 1. The number of esters is 1. The number of nitrogens with zero attached hydrogens (tertiary/aromatic N) is 1. The predicted molar refractivity (Wildman–Crippen MR) is 91.7 cm³/mol. The summed E-state index contributed by atoms with van der Waals surface area (Å²) >= 11 is 0. The molecule has 1 unspecified atom stereocenters. The SMILES string of the molecule is CCOC(=O)C1=C(C)c2ccccc2N2C(=O)c3ccccc3C12. The van der Waals surface area contributed by atoms with Gasteiger partial charge in [-0.05, 0) is 37.1 Å². The molecule has 2 aromatic rings. The Balaban J connectivity index is 2.01. The quantitative estimate of drug-likeness (QED) is 0.792. The van der Waals surface area contributed by atoms with Gasteiger partial charge in [-0.2, -0.15) is 0 Å². The van der Waals surface area contributed by atoms with E-state index in [1.807, 2.05) is 55.5 Å². The average molecular weight is 319 g/mol. The lowest BCUT2D eigenvalue weighted by Gasteiger charge is -2.34. The van der Waals surface area contributed by atoms with Gasteiger partial charge in [0.1, 0.15) is 0 Å². The number of carbonyl (C=O) groups excluding carboxylic acids is 2. The second kappa shape index (κ2) is 5.34. The van der Waals surface area contributed by atoms with E-state index in [0.717, 1.165) is 22.4 Å². The maximum absolute atomic E-state index is 13.0. The van der Waals surface area contributed by atoms with Gasteiger partial charge in [-0.1, -0.05) is 36.4 Å². The van der Waals surface area contributed by atoms with Gasteiger partial charge >= 0.3 is 5.97 Å². The van der Waals surface area contributed by atoms with E-state index >= 15 is 0 Å². The van der Waals surface area contributed by atoms with Crippen LogP contribution in [0, 0.1) is 0 Å². The standard InChI is InChI=1S/C20H17NO3/c1-3-24-20(23)17-12(2)13-8-6-7-11-16(13)21-18(17)14-9-4-5-10-15(14)19(21)22/h4-11,18H,3H2,1-2H3.